The summed E-state index contributed by atoms with van der Waals surface area (Å²) >= 11 is 0. The van der Waals surface area contributed by atoms with Crippen molar-refractivity contribution in [1.82, 2.24) is 15.5 Å². The molecular weight excluding hydrogens is 456 g/mol. The van der Waals surface area contributed by atoms with E-state index in [1.54, 1.807) is 48.8 Å². The van der Waals surface area contributed by atoms with Crippen LogP contribution < -0.4 is 15.4 Å². The van der Waals surface area contributed by atoms with Gasteiger partial charge in [-0.15, -0.1) is 0 Å². The van der Waals surface area contributed by atoms with Gasteiger partial charge in [-0.1, -0.05) is 50.2 Å². The van der Waals surface area contributed by atoms with E-state index in [0.717, 1.165) is 11.1 Å². The Labute approximate surface area is 209 Å². The normalized spacial score (nSPS) is 11.1. The number of ether oxygens (including phenoxy) is 1. The molecule has 4 rings (SSSR count). The van der Waals surface area contributed by atoms with Crippen LogP contribution in [0.5, 0.6) is 5.75 Å². The second kappa shape index (κ2) is 10.4. The average Bonchev–Trinajstić information content (AvgIpc) is 3.38. The van der Waals surface area contributed by atoms with E-state index in [9.17, 15) is 9.59 Å². The number of methoxy groups -OCH3 is 1. The predicted octanol–water partition coefficient (Wildman–Crippen LogP) is 5.23. The van der Waals surface area contributed by atoms with Gasteiger partial charge in [0.05, 0.1) is 12.7 Å². The summed E-state index contributed by atoms with van der Waals surface area (Å²) < 4.78 is 10.8. The molecular formula is C28H28N4O4. The number of aromatic nitrogens is 2. The van der Waals surface area contributed by atoms with Gasteiger partial charge in [0.2, 0.25) is 0 Å². The highest BCUT2D eigenvalue weighted by Crippen LogP contribution is 2.29. The molecule has 0 aliphatic carbocycles. The van der Waals surface area contributed by atoms with Gasteiger partial charge in [0, 0.05) is 36.3 Å². The summed E-state index contributed by atoms with van der Waals surface area (Å²) in [6, 6.07) is 18.0. The third kappa shape index (κ3) is 5.78. The second-order valence-corrected chi connectivity index (χ2v) is 9.32. The fourth-order valence-electron chi connectivity index (χ4n) is 3.59. The zero-order valence-electron chi connectivity index (χ0n) is 20.7. The molecule has 4 aromatic rings. The molecule has 0 bridgehead atoms. The number of carbonyl (C=O) groups excluding carboxylic acids is 2. The van der Waals surface area contributed by atoms with Crippen LogP contribution >= 0.6 is 0 Å². The van der Waals surface area contributed by atoms with E-state index in [2.05, 4.69) is 41.5 Å². The van der Waals surface area contributed by atoms with Gasteiger partial charge in [-0.25, -0.2) is 0 Å². The number of hydrogen-bond donors (Lipinski definition) is 2. The van der Waals surface area contributed by atoms with Crippen molar-refractivity contribution in [3.05, 3.63) is 95.4 Å². The summed E-state index contributed by atoms with van der Waals surface area (Å²) in [6.45, 7) is 6.59. The highest BCUT2D eigenvalue weighted by Gasteiger charge is 2.20. The van der Waals surface area contributed by atoms with E-state index in [1.165, 1.54) is 7.11 Å². The number of carbonyl (C=O) groups is 2. The molecule has 0 spiro atoms. The van der Waals surface area contributed by atoms with Crippen molar-refractivity contribution < 1.29 is 18.8 Å². The molecule has 0 atom stereocenters. The summed E-state index contributed by atoms with van der Waals surface area (Å²) in [5, 5.41) is 9.61. The fraction of sp³-hybridized carbons (Fsp3) is 0.214. The van der Waals surface area contributed by atoms with Gasteiger partial charge in [0.1, 0.15) is 5.75 Å². The van der Waals surface area contributed by atoms with Gasteiger partial charge in [-0.2, -0.15) is 0 Å². The zero-order valence-corrected chi connectivity index (χ0v) is 20.7. The van der Waals surface area contributed by atoms with Crippen molar-refractivity contribution in [3.63, 3.8) is 0 Å². The number of hydrogen-bond acceptors (Lipinski definition) is 6. The number of rotatable bonds is 7. The lowest BCUT2D eigenvalue weighted by Gasteiger charge is -2.21. The Balaban J connectivity index is 1.48. The maximum absolute atomic E-state index is 13.1. The molecule has 2 aromatic carbocycles. The topological polar surface area (TPSA) is 106 Å². The molecule has 2 heterocycles. The maximum Gasteiger partial charge on any atom is 0.273 e. The van der Waals surface area contributed by atoms with Gasteiger partial charge in [-0.3, -0.25) is 14.6 Å². The minimum Gasteiger partial charge on any atom is -0.496 e. The molecule has 2 N–H and O–H groups in total. The third-order valence-electron chi connectivity index (χ3n) is 5.63. The van der Waals surface area contributed by atoms with Gasteiger partial charge >= 0.3 is 0 Å². The first-order chi connectivity index (χ1) is 17.2. The van der Waals surface area contributed by atoms with E-state index in [-0.39, 0.29) is 22.9 Å². The van der Waals surface area contributed by atoms with E-state index >= 15 is 0 Å². The molecule has 0 fully saturated rings. The van der Waals surface area contributed by atoms with Crippen molar-refractivity contribution in [2.45, 2.75) is 32.7 Å². The SMILES string of the molecule is COc1ccc(C(C)(C)C)cc1C(=O)Nc1cccc(-c2cc(C(=O)NCc3cccnc3)no2)c1. The summed E-state index contributed by atoms with van der Waals surface area (Å²) in [6.07, 6.45) is 3.36. The molecule has 2 aromatic heterocycles. The van der Waals surface area contributed by atoms with Crippen LogP contribution in [0.15, 0.2) is 77.6 Å². The molecule has 0 aliphatic rings. The van der Waals surface area contributed by atoms with Crippen LogP contribution in [-0.2, 0) is 12.0 Å². The van der Waals surface area contributed by atoms with Crippen molar-refractivity contribution in [2.75, 3.05) is 12.4 Å². The number of pyridine rings is 1. The molecule has 0 saturated heterocycles. The maximum atomic E-state index is 13.1. The minimum atomic E-state index is -0.357. The lowest BCUT2D eigenvalue weighted by molar-refractivity contribution is 0.0941. The van der Waals surface area contributed by atoms with Crippen LogP contribution in [0.1, 0.15) is 52.7 Å². The summed E-state index contributed by atoms with van der Waals surface area (Å²) in [7, 11) is 1.54. The Bertz CT molecular complexity index is 1370. The van der Waals surface area contributed by atoms with E-state index in [0.29, 0.717) is 34.9 Å². The van der Waals surface area contributed by atoms with Crippen LogP contribution in [0.4, 0.5) is 5.69 Å². The Morgan fingerprint density at radius 2 is 1.83 bits per heavy atom. The second-order valence-electron chi connectivity index (χ2n) is 9.32. The quantitative estimate of drug-likeness (QED) is 0.372. The molecule has 0 unspecified atom stereocenters. The third-order valence-corrected chi connectivity index (χ3v) is 5.63. The molecule has 8 heteroatoms. The first kappa shape index (κ1) is 24.7. The molecule has 184 valence electrons. The molecule has 0 saturated carbocycles. The Morgan fingerprint density at radius 1 is 1.00 bits per heavy atom. The van der Waals surface area contributed by atoms with Crippen LogP contribution in [0.2, 0.25) is 0 Å². The molecule has 0 radical (unpaired) electrons. The number of amides is 2. The van der Waals surface area contributed by atoms with Gasteiger partial charge < -0.3 is 19.9 Å². The van der Waals surface area contributed by atoms with Crippen molar-refractivity contribution in [2.24, 2.45) is 0 Å². The molecule has 36 heavy (non-hydrogen) atoms. The van der Waals surface area contributed by atoms with Gasteiger partial charge in [0.25, 0.3) is 11.8 Å². The van der Waals surface area contributed by atoms with Crippen molar-refractivity contribution >= 4 is 17.5 Å². The summed E-state index contributed by atoms with van der Waals surface area (Å²) in [5.41, 5.74) is 3.63. The van der Waals surface area contributed by atoms with E-state index in [1.807, 2.05) is 24.3 Å². The Kier molecular flexibility index (Phi) is 7.15. The van der Waals surface area contributed by atoms with Gasteiger partial charge in [0.15, 0.2) is 11.5 Å². The molecule has 2 amide bonds. The lowest BCUT2D eigenvalue weighted by atomic mass is 9.86. The van der Waals surface area contributed by atoms with E-state index in [4.69, 9.17) is 9.26 Å². The van der Waals surface area contributed by atoms with Crippen LogP contribution in [-0.4, -0.2) is 29.1 Å². The van der Waals surface area contributed by atoms with Crippen LogP contribution in [0.25, 0.3) is 11.3 Å². The first-order valence-corrected chi connectivity index (χ1v) is 11.5. The van der Waals surface area contributed by atoms with Gasteiger partial charge in [-0.05, 0) is 46.9 Å². The standard InChI is InChI=1S/C28H28N4O4/c1-28(2,3)20-10-11-24(35-4)22(14-20)26(33)31-21-9-5-8-19(13-21)25-15-23(32-36-25)27(34)30-17-18-7-6-12-29-16-18/h5-16H,17H2,1-4H3,(H,30,34)(H,31,33). The van der Waals surface area contributed by atoms with E-state index < -0.39 is 0 Å². The monoisotopic (exact) mass is 484 g/mol. The number of benzene rings is 2. The highest BCUT2D eigenvalue weighted by atomic mass is 16.5. The van der Waals surface area contributed by atoms with Crippen molar-refractivity contribution in [1.29, 1.82) is 0 Å². The Hall–Kier alpha value is -4.46. The van der Waals surface area contributed by atoms with Crippen LogP contribution in [0, 0.1) is 0 Å². The predicted molar refractivity (Wildman–Crippen MR) is 137 cm³/mol. The van der Waals surface area contributed by atoms with Crippen molar-refractivity contribution in [3.8, 4) is 17.1 Å². The summed E-state index contributed by atoms with van der Waals surface area (Å²) in [5.74, 6) is 0.256. The molecule has 0 aliphatic heterocycles. The molecule has 8 nitrogen and oxygen atoms in total. The number of nitrogens with one attached hydrogen (secondary N) is 2. The number of anilines is 1. The Morgan fingerprint density at radius 3 is 2.56 bits per heavy atom. The van der Waals surface area contributed by atoms with Crippen LogP contribution in [0.3, 0.4) is 0 Å². The summed E-state index contributed by atoms with van der Waals surface area (Å²) in [4.78, 5) is 29.6. The fourth-order valence-corrected chi connectivity index (χ4v) is 3.59. The minimum absolute atomic E-state index is 0.116. The smallest absolute Gasteiger partial charge is 0.273 e. The zero-order chi connectivity index (χ0) is 25.7. The highest BCUT2D eigenvalue weighted by molar-refractivity contribution is 6.06. The average molecular weight is 485 g/mol. The first-order valence-electron chi connectivity index (χ1n) is 11.5. The largest absolute Gasteiger partial charge is 0.496 e. The lowest BCUT2D eigenvalue weighted by Crippen LogP contribution is -2.23. The number of nitrogens with zero attached hydrogens (tertiary/aromatic N) is 2.